The quantitative estimate of drug-likeness (QED) is 0.544. The van der Waals surface area contributed by atoms with E-state index in [9.17, 15) is 14.4 Å². The molecular formula is C14H24N2O5. The van der Waals surface area contributed by atoms with Crippen molar-refractivity contribution in [2.24, 2.45) is 5.92 Å². The van der Waals surface area contributed by atoms with Crippen molar-refractivity contribution in [1.82, 2.24) is 10.2 Å². The van der Waals surface area contributed by atoms with Gasteiger partial charge in [-0.05, 0) is 32.1 Å². The number of likely N-dealkylation sites (tertiary alicyclic amines) is 1. The first-order chi connectivity index (χ1) is 10.0. The number of hydrogen-bond donors (Lipinski definition) is 2. The number of carboxylic acid groups (broad SMARTS) is 1. The van der Waals surface area contributed by atoms with Crippen molar-refractivity contribution in [2.75, 3.05) is 26.2 Å². The maximum atomic E-state index is 11.9. The summed E-state index contributed by atoms with van der Waals surface area (Å²) in [7, 11) is 0. The maximum absolute atomic E-state index is 11.9. The lowest BCUT2D eigenvalue weighted by Crippen LogP contribution is -2.45. The summed E-state index contributed by atoms with van der Waals surface area (Å²) in [6.07, 6.45) is 2.48. The van der Waals surface area contributed by atoms with E-state index in [-0.39, 0.29) is 24.3 Å². The number of aliphatic carboxylic acids is 1. The van der Waals surface area contributed by atoms with Crippen LogP contribution in [-0.2, 0) is 14.3 Å². The van der Waals surface area contributed by atoms with Gasteiger partial charge < -0.3 is 20.1 Å². The highest BCUT2D eigenvalue weighted by molar-refractivity contribution is 5.74. The molecule has 21 heavy (non-hydrogen) atoms. The number of nitrogens with zero attached hydrogens (tertiary/aromatic N) is 1. The molecule has 0 aromatic carbocycles. The molecule has 0 aliphatic carbocycles. The Balaban J connectivity index is 2.13. The summed E-state index contributed by atoms with van der Waals surface area (Å²) in [4.78, 5) is 35.3. The lowest BCUT2D eigenvalue weighted by Gasteiger charge is -2.31. The zero-order valence-electron chi connectivity index (χ0n) is 12.5. The first kappa shape index (κ1) is 17.3. The number of esters is 1. The summed E-state index contributed by atoms with van der Waals surface area (Å²) in [6, 6.07) is -0.146. The van der Waals surface area contributed by atoms with Gasteiger partial charge in [-0.3, -0.25) is 9.59 Å². The molecular weight excluding hydrogens is 276 g/mol. The van der Waals surface area contributed by atoms with Crippen molar-refractivity contribution < 1.29 is 24.2 Å². The summed E-state index contributed by atoms with van der Waals surface area (Å²) in [5.74, 6) is -0.867. The average molecular weight is 300 g/mol. The maximum Gasteiger partial charge on any atom is 0.317 e. The first-order valence-corrected chi connectivity index (χ1v) is 7.43. The third kappa shape index (κ3) is 6.97. The molecule has 1 fully saturated rings. The number of piperidine rings is 1. The Bertz CT molecular complexity index is 364. The van der Waals surface area contributed by atoms with Gasteiger partial charge in [-0.2, -0.15) is 0 Å². The molecule has 0 aromatic heterocycles. The van der Waals surface area contributed by atoms with Crippen molar-refractivity contribution in [3.05, 3.63) is 0 Å². The molecule has 1 rings (SSSR count). The van der Waals surface area contributed by atoms with E-state index in [0.29, 0.717) is 39.1 Å². The number of carbonyl (C=O) groups is 3. The molecule has 2 amide bonds. The number of nitrogens with one attached hydrogen (secondary N) is 1. The molecule has 0 spiro atoms. The van der Waals surface area contributed by atoms with Gasteiger partial charge in [0.25, 0.3) is 0 Å². The van der Waals surface area contributed by atoms with Crippen molar-refractivity contribution in [1.29, 1.82) is 0 Å². The van der Waals surface area contributed by atoms with E-state index >= 15 is 0 Å². The molecule has 1 aliphatic rings. The third-order valence-electron chi connectivity index (χ3n) is 3.50. The molecule has 0 radical (unpaired) electrons. The number of amides is 2. The summed E-state index contributed by atoms with van der Waals surface area (Å²) in [5, 5.41) is 11.5. The predicted molar refractivity (Wildman–Crippen MR) is 75.8 cm³/mol. The molecule has 1 heterocycles. The van der Waals surface area contributed by atoms with E-state index in [4.69, 9.17) is 9.84 Å². The molecule has 0 atom stereocenters. The number of carboxylic acids is 1. The Kier molecular flexibility index (Phi) is 7.56. The highest BCUT2D eigenvalue weighted by Crippen LogP contribution is 2.20. The second-order valence-corrected chi connectivity index (χ2v) is 5.17. The minimum Gasteiger partial charge on any atom is -0.481 e. The zero-order valence-corrected chi connectivity index (χ0v) is 12.5. The van der Waals surface area contributed by atoms with Crippen molar-refractivity contribution in [2.45, 2.75) is 39.0 Å². The first-order valence-electron chi connectivity index (χ1n) is 7.43. The third-order valence-corrected chi connectivity index (χ3v) is 3.50. The van der Waals surface area contributed by atoms with Crippen LogP contribution in [0.25, 0.3) is 0 Å². The van der Waals surface area contributed by atoms with Gasteiger partial charge in [0.1, 0.15) is 0 Å². The minimum absolute atomic E-state index is 0.146. The lowest BCUT2D eigenvalue weighted by atomic mass is 9.94. The van der Waals surface area contributed by atoms with Gasteiger partial charge in [0.15, 0.2) is 0 Å². The monoisotopic (exact) mass is 300 g/mol. The van der Waals surface area contributed by atoms with Crippen LogP contribution >= 0.6 is 0 Å². The number of carbonyl (C=O) groups excluding carboxylic acids is 2. The van der Waals surface area contributed by atoms with Crippen LogP contribution in [0.1, 0.15) is 39.0 Å². The number of ether oxygens (including phenoxy) is 1. The molecule has 2 N–H and O–H groups in total. The Morgan fingerprint density at radius 1 is 1.29 bits per heavy atom. The second kappa shape index (κ2) is 9.20. The van der Waals surface area contributed by atoms with Crippen LogP contribution < -0.4 is 5.32 Å². The second-order valence-electron chi connectivity index (χ2n) is 5.17. The van der Waals surface area contributed by atoms with Crippen LogP contribution in [0.2, 0.25) is 0 Å². The topological polar surface area (TPSA) is 95.9 Å². The van der Waals surface area contributed by atoms with Gasteiger partial charge in [-0.15, -0.1) is 0 Å². The fraction of sp³-hybridized carbons (Fsp3) is 0.786. The average Bonchev–Trinajstić information content (AvgIpc) is 2.44. The fourth-order valence-electron chi connectivity index (χ4n) is 2.36. The Hall–Kier alpha value is -1.79. The van der Waals surface area contributed by atoms with E-state index in [1.165, 1.54) is 0 Å². The molecule has 1 saturated heterocycles. The molecule has 7 nitrogen and oxygen atoms in total. The largest absolute Gasteiger partial charge is 0.481 e. The van der Waals surface area contributed by atoms with E-state index in [2.05, 4.69) is 5.32 Å². The highest BCUT2D eigenvalue weighted by Gasteiger charge is 2.23. The summed E-state index contributed by atoms with van der Waals surface area (Å²) in [6.45, 7) is 3.74. The van der Waals surface area contributed by atoms with Gasteiger partial charge in [-0.25, -0.2) is 4.79 Å². The van der Waals surface area contributed by atoms with Gasteiger partial charge in [0, 0.05) is 32.5 Å². The highest BCUT2D eigenvalue weighted by atomic mass is 16.5. The number of rotatable bonds is 7. The summed E-state index contributed by atoms with van der Waals surface area (Å²) < 4.78 is 4.80. The minimum atomic E-state index is -0.781. The van der Waals surface area contributed by atoms with Crippen LogP contribution in [0.15, 0.2) is 0 Å². The Labute approximate surface area is 124 Å². The standard InChI is InChI=1S/C14H24N2O5/c1-2-21-13(19)4-3-7-15-14(20)16-8-5-11(6-9-16)10-12(17)18/h11H,2-10H2,1H3,(H,15,20)(H,17,18). The molecule has 120 valence electrons. The van der Waals surface area contributed by atoms with Crippen LogP contribution in [0, 0.1) is 5.92 Å². The van der Waals surface area contributed by atoms with Gasteiger partial charge in [-0.1, -0.05) is 0 Å². The van der Waals surface area contributed by atoms with Crippen molar-refractivity contribution >= 4 is 18.0 Å². The molecule has 1 aliphatic heterocycles. The summed E-state index contributed by atoms with van der Waals surface area (Å²) >= 11 is 0. The molecule has 7 heteroatoms. The lowest BCUT2D eigenvalue weighted by molar-refractivity contribution is -0.143. The van der Waals surface area contributed by atoms with Gasteiger partial charge in [0.2, 0.25) is 0 Å². The van der Waals surface area contributed by atoms with Crippen LogP contribution in [0.3, 0.4) is 0 Å². The van der Waals surface area contributed by atoms with Crippen LogP contribution in [0.5, 0.6) is 0 Å². The number of hydrogen-bond acceptors (Lipinski definition) is 4. The Morgan fingerprint density at radius 2 is 1.95 bits per heavy atom. The van der Waals surface area contributed by atoms with E-state index in [0.717, 1.165) is 12.8 Å². The fourth-order valence-corrected chi connectivity index (χ4v) is 2.36. The van der Waals surface area contributed by atoms with Crippen LogP contribution in [-0.4, -0.2) is 54.2 Å². The normalized spacial score (nSPS) is 15.6. The van der Waals surface area contributed by atoms with E-state index in [1.54, 1.807) is 11.8 Å². The van der Waals surface area contributed by atoms with Crippen molar-refractivity contribution in [3.8, 4) is 0 Å². The van der Waals surface area contributed by atoms with E-state index in [1.807, 2.05) is 0 Å². The van der Waals surface area contributed by atoms with Crippen molar-refractivity contribution in [3.63, 3.8) is 0 Å². The van der Waals surface area contributed by atoms with Gasteiger partial charge in [0.05, 0.1) is 6.61 Å². The van der Waals surface area contributed by atoms with Crippen LogP contribution in [0.4, 0.5) is 4.79 Å². The SMILES string of the molecule is CCOC(=O)CCCNC(=O)N1CCC(CC(=O)O)CC1. The molecule has 0 aromatic rings. The number of urea groups is 1. The molecule has 0 unspecified atom stereocenters. The molecule has 0 saturated carbocycles. The predicted octanol–water partition coefficient (Wildman–Crippen LogP) is 1.23. The Morgan fingerprint density at radius 3 is 2.52 bits per heavy atom. The van der Waals surface area contributed by atoms with E-state index < -0.39 is 5.97 Å². The van der Waals surface area contributed by atoms with Gasteiger partial charge >= 0.3 is 18.0 Å². The summed E-state index contributed by atoms with van der Waals surface area (Å²) in [5.41, 5.74) is 0. The molecule has 0 bridgehead atoms. The smallest absolute Gasteiger partial charge is 0.317 e. The zero-order chi connectivity index (χ0) is 15.7.